The Balaban J connectivity index is 0.902. The second kappa shape index (κ2) is 14.6. The molecular weight excluding hydrogens is 737 g/mol. The van der Waals surface area contributed by atoms with Crippen molar-refractivity contribution in [3.8, 4) is 5.75 Å². The second-order valence-corrected chi connectivity index (χ2v) is 19.2. The lowest BCUT2D eigenvalue weighted by atomic mass is 9.78. The molecule has 6 heteroatoms. The molecule has 0 radical (unpaired) electrons. The number of nitrogens with one attached hydrogen (secondary N) is 3. The second-order valence-electron chi connectivity index (χ2n) is 19.2. The van der Waals surface area contributed by atoms with E-state index in [4.69, 9.17) is 9.47 Å². The minimum atomic E-state index is -0.0932. The quantitative estimate of drug-likeness (QED) is 0.276. The first-order valence-corrected chi connectivity index (χ1v) is 23.0. The van der Waals surface area contributed by atoms with Crippen molar-refractivity contribution < 1.29 is 9.47 Å². The molecule has 0 spiro atoms. The Hall–Kier alpha value is -4.88. The van der Waals surface area contributed by atoms with Gasteiger partial charge in [0, 0.05) is 34.6 Å². The van der Waals surface area contributed by atoms with Gasteiger partial charge in [-0.1, -0.05) is 130 Å². The molecule has 0 amide bonds. The van der Waals surface area contributed by atoms with Gasteiger partial charge in [-0.05, 0) is 102 Å². The van der Waals surface area contributed by atoms with Crippen LogP contribution in [0.5, 0.6) is 5.75 Å². The van der Waals surface area contributed by atoms with Crippen LogP contribution in [0.25, 0.3) is 0 Å². The first-order chi connectivity index (χ1) is 29.5. The van der Waals surface area contributed by atoms with Crippen molar-refractivity contribution in [1.82, 2.24) is 20.9 Å². The smallest absolute Gasteiger partial charge is 0.128 e. The highest BCUT2D eigenvalue weighted by atomic mass is 16.5. The molecule has 6 nitrogen and oxygen atoms in total. The molecular formula is C54H58N4O2. The van der Waals surface area contributed by atoms with Crippen LogP contribution in [0.15, 0.2) is 172 Å². The van der Waals surface area contributed by atoms with Crippen LogP contribution in [-0.4, -0.2) is 41.5 Å². The van der Waals surface area contributed by atoms with Gasteiger partial charge in [0.25, 0.3) is 0 Å². The van der Waals surface area contributed by atoms with Crippen molar-refractivity contribution >= 4 is 0 Å². The molecule has 3 N–H and O–H groups in total. The molecule has 0 saturated carbocycles. The average Bonchev–Trinajstić information content (AvgIpc) is 3.96. The maximum atomic E-state index is 7.32. The van der Waals surface area contributed by atoms with E-state index in [1.807, 2.05) is 0 Å². The predicted molar refractivity (Wildman–Crippen MR) is 240 cm³/mol. The summed E-state index contributed by atoms with van der Waals surface area (Å²) in [5.74, 6) is 4.13. The van der Waals surface area contributed by atoms with E-state index >= 15 is 0 Å². The highest BCUT2D eigenvalue weighted by Crippen LogP contribution is 2.53. The molecule has 1 saturated heterocycles. The van der Waals surface area contributed by atoms with E-state index in [2.05, 4.69) is 169 Å². The molecule has 1 fully saturated rings. The van der Waals surface area contributed by atoms with Gasteiger partial charge >= 0.3 is 0 Å². The summed E-state index contributed by atoms with van der Waals surface area (Å²) in [6, 6.07) is 7.00. The first-order valence-electron chi connectivity index (χ1n) is 23.0. The molecule has 4 aliphatic heterocycles. The van der Waals surface area contributed by atoms with E-state index < -0.39 is 0 Å². The third-order valence-corrected chi connectivity index (χ3v) is 15.2. The molecule has 13 atom stereocenters. The van der Waals surface area contributed by atoms with Crippen LogP contribution in [0.3, 0.4) is 0 Å². The van der Waals surface area contributed by atoms with Crippen molar-refractivity contribution in [2.24, 2.45) is 29.6 Å². The number of hydrogen-bond donors (Lipinski definition) is 3. The fourth-order valence-corrected chi connectivity index (χ4v) is 12.4. The minimum Gasteiger partial charge on any atom is -0.487 e. The summed E-state index contributed by atoms with van der Waals surface area (Å²) < 4.78 is 13.8. The fourth-order valence-electron chi connectivity index (χ4n) is 12.4. The molecule has 1 aromatic carbocycles. The normalized spacial score (nSPS) is 39.2. The number of hydrogen-bond acceptors (Lipinski definition) is 6. The lowest BCUT2D eigenvalue weighted by Gasteiger charge is -2.44. The topological polar surface area (TPSA) is 57.8 Å². The van der Waals surface area contributed by atoms with Gasteiger partial charge in [0.05, 0.1) is 36.5 Å². The van der Waals surface area contributed by atoms with Crippen molar-refractivity contribution in [3.05, 3.63) is 184 Å². The summed E-state index contributed by atoms with van der Waals surface area (Å²) in [6.07, 6.45) is 49.4. The van der Waals surface area contributed by atoms with E-state index in [-0.39, 0.29) is 54.6 Å². The van der Waals surface area contributed by atoms with E-state index in [1.54, 1.807) is 5.57 Å². The van der Waals surface area contributed by atoms with Gasteiger partial charge in [0.1, 0.15) is 23.7 Å². The van der Waals surface area contributed by atoms with Crippen LogP contribution in [0.2, 0.25) is 0 Å². The SMILES string of the molecule is CC1C=CC=C(C2NC(C3=CC=CC4OC5=C(C=CC(C)C5N5C6=C(C=CC(C)C6)C6C=C(C7=CCCCC7)C=CC65)C34)NC(c3cccc4c3C3C=CC=CC3O4)N2)C1. The van der Waals surface area contributed by atoms with Crippen LogP contribution in [0, 0.1) is 29.6 Å². The lowest BCUT2D eigenvalue weighted by molar-refractivity contribution is 0.0899. The third-order valence-electron chi connectivity index (χ3n) is 15.2. The fraction of sp³-hybridized carbons (Fsp3) is 0.407. The predicted octanol–water partition coefficient (Wildman–Crippen LogP) is 10.1. The average molecular weight is 795 g/mol. The van der Waals surface area contributed by atoms with E-state index in [9.17, 15) is 0 Å². The number of benzene rings is 1. The molecule has 12 rings (SSSR count). The molecule has 7 aliphatic carbocycles. The summed E-state index contributed by atoms with van der Waals surface area (Å²) in [6.45, 7) is 7.10. The molecule has 11 aliphatic rings. The van der Waals surface area contributed by atoms with Crippen molar-refractivity contribution in [1.29, 1.82) is 0 Å². The molecule has 0 aromatic heterocycles. The van der Waals surface area contributed by atoms with Gasteiger partial charge in [-0.15, -0.1) is 0 Å². The Morgan fingerprint density at radius 3 is 2.43 bits per heavy atom. The largest absolute Gasteiger partial charge is 0.487 e. The number of rotatable bonds is 5. The summed E-state index contributed by atoms with van der Waals surface area (Å²) in [4.78, 5) is 2.81. The van der Waals surface area contributed by atoms with Crippen molar-refractivity contribution in [2.45, 2.75) is 108 Å². The Labute approximate surface area is 356 Å². The molecule has 0 bridgehead atoms. The van der Waals surface area contributed by atoms with E-state index in [1.165, 1.54) is 76.1 Å². The Bertz CT molecular complexity index is 2410. The van der Waals surface area contributed by atoms with Gasteiger partial charge in [-0.3, -0.25) is 16.0 Å². The van der Waals surface area contributed by atoms with E-state index in [0.717, 1.165) is 18.6 Å². The maximum Gasteiger partial charge on any atom is 0.128 e. The summed E-state index contributed by atoms with van der Waals surface area (Å²) >= 11 is 0. The third kappa shape index (κ3) is 6.00. The van der Waals surface area contributed by atoms with E-state index in [0.29, 0.717) is 23.7 Å². The number of nitrogens with zero attached hydrogens (tertiary/aromatic N) is 1. The van der Waals surface area contributed by atoms with Crippen molar-refractivity contribution in [3.63, 3.8) is 0 Å². The van der Waals surface area contributed by atoms with Crippen LogP contribution < -0.4 is 20.7 Å². The molecule has 60 heavy (non-hydrogen) atoms. The molecule has 13 unspecified atom stereocenters. The van der Waals surface area contributed by atoms with Gasteiger partial charge < -0.3 is 14.4 Å². The van der Waals surface area contributed by atoms with Gasteiger partial charge in [-0.2, -0.15) is 0 Å². The first kappa shape index (κ1) is 36.9. The minimum absolute atomic E-state index is 0.00578. The Morgan fingerprint density at radius 2 is 1.53 bits per heavy atom. The monoisotopic (exact) mass is 794 g/mol. The Kier molecular flexibility index (Phi) is 9.01. The number of ether oxygens (including phenoxy) is 2. The summed E-state index contributed by atoms with van der Waals surface area (Å²) in [7, 11) is 0. The number of fused-ring (bicyclic) bond motifs is 7. The van der Waals surface area contributed by atoms with Gasteiger partial charge in [0.15, 0.2) is 0 Å². The van der Waals surface area contributed by atoms with Crippen LogP contribution in [0.1, 0.15) is 82.5 Å². The molecule has 306 valence electrons. The summed E-state index contributed by atoms with van der Waals surface area (Å²) in [5.41, 5.74) is 12.6. The highest BCUT2D eigenvalue weighted by molar-refractivity contribution is 5.56. The zero-order valence-corrected chi connectivity index (χ0v) is 35.1. The van der Waals surface area contributed by atoms with Crippen LogP contribution >= 0.6 is 0 Å². The van der Waals surface area contributed by atoms with Crippen LogP contribution in [0.4, 0.5) is 0 Å². The van der Waals surface area contributed by atoms with Crippen molar-refractivity contribution in [2.75, 3.05) is 0 Å². The van der Waals surface area contributed by atoms with Gasteiger partial charge in [-0.25, -0.2) is 0 Å². The lowest BCUT2D eigenvalue weighted by Crippen LogP contribution is -2.65. The Morgan fingerprint density at radius 1 is 0.700 bits per heavy atom. The van der Waals surface area contributed by atoms with Crippen LogP contribution in [-0.2, 0) is 4.74 Å². The molecule has 1 aromatic rings. The zero-order valence-electron chi connectivity index (χ0n) is 35.1. The standard InChI is InChI=1S/C54H58N4O2/c1-31-12-9-15-36(28-31)52-55-53(40-17-10-20-46-48(40)38-16-7-8-19-45(38)59-46)57-54(56-52)41-18-11-21-47-49(41)39-26-23-33(3)50(51(39)60-47)58-43-27-24-35(34-13-5-4-6-14-34)30-42(43)37-25-22-32(2)29-44(37)58/h7-13,15-27,30-33,38,42-43,45,47,49-50,52-57H,4-6,14,28-29H2,1-3H3. The highest BCUT2D eigenvalue weighted by Gasteiger charge is 2.52. The zero-order chi connectivity index (χ0) is 40.1. The van der Waals surface area contributed by atoms with Gasteiger partial charge in [0.2, 0.25) is 0 Å². The molecule has 4 heterocycles. The number of allylic oxidation sites excluding steroid dienone is 15. The maximum absolute atomic E-state index is 7.32. The summed E-state index contributed by atoms with van der Waals surface area (Å²) in [5, 5.41) is 12.3.